The van der Waals surface area contributed by atoms with E-state index in [4.69, 9.17) is 21.5 Å². The average Bonchev–Trinajstić information content (AvgIpc) is 3.61. The molecule has 0 aliphatic heterocycles. The molecule has 2 heterocycles. The number of benzene rings is 2. The number of nitrogens with one attached hydrogen (secondary N) is 3. The van der Waals surface area contributed by atoms with Gasteiger partial charge in [0.2, 0.25) is 0 Å². The standard InChI is InChI=1S/C30H33ClN4O3/c1-18-19(2)30(31)33-27(18)17-35(13-12-22-16-32-26-15-23(38-3)7-9-24(22)26)28-10-6-21-14-20(4-8-25(21)28)5-11-29(36)34-37/h4-5,7-9,11,14-16,28,32-33,37H,6,10,12-13,17H2,1-3H3,(H,34,36). The van der Waals surface area contributed by atoms with Crippen molar-refractivity contribution in [1.82, 2.24) is 20.3 Å². The lowest BCUT2D eigenvalue weighted by atomic mass is 10.0. The van der Waals surface area contributed by atoms with Crippen molar-refractivity contribution >= 4 is 34.5 Å². The first-order valence-electron chi connectivity index (χ1n) is 12.8. The zero-order valence-electron chi connectivity index (χ0n) is 21.9. The zero-order valence-corrected chi connectivity index (χ0v) is 22.7. The molecule has 198 valence electrons. The topological polar surface area (TPSA) is 93.4 Å². The maximum atomic E-state index is 11.4. The van der Waals surface area contributed by atoms with E-state index in [1.54, 1.807) is 18.7 Å². The number of H-pyrrole nitrogens is 2. The van der Waals surface area contributed by atoms with E-state index in [0.717, 1.165) is 60.4 Å². The number of ether oxygens (including phenoxy) is 1. The fourth-order valence-corrected chi connectivity index (χ4v) is 5.74. The Morgan fingerprint density at radius 1 is 1.24 bits per heavy atom. The lowest BCUT2D eigenvalue weighted by Crippen LogP contribution is -2.30. The van der Waals surface area contributed by atoms with Crippen LogP contribution in [0.25, 0.3) is 17.0 Å². The van der Waals surface area contributed by atoms with Crippen LogP contribution in [0.4, 0.5) is 0 Å². The molecule has 0 fully saturated rings. The number of hydroxylamine groups is 1. The highest BCUT2D eigenvalue weighted by molar-refractivity contribution is 6.30. The summed E-state index contributed by atoms with van der Waals surface area (Å²) < 4.78 is 5.38. The highest BCUT2D eigenvalue weighted by Gasteiger charge is 2.29. The van der Waals surface area contributed by atoms with Gasteiger partial charge in [0, 0.05) is 54.1 Å². The fraction of sp³-hybridized carbons (Fsp3) is 0.300. The summed E-state index contributed by atoms with van der Waals surface area (Å²) in [6.45, 7) is 5.84. The van der Waals surface area contributed by atoms with Crippen LogP contribution in [0.2, 0.25) is 5.15 Å². The van der Waals surface area contributed by atoms with Gasteiger partial charge in [-0.1, -0.05) is 29.8 Å². The average molecular weight is 533 g/mol. The number of methoxy groups -OCH3 is 1. The van der Waals surface area contributed by atoms with Crippen LogP contribution in [0.1, 0.15) is 51.5 Å². The molecular formula is C30H33ClN4O3. The first kappa shape index (κ1) is 26.1. The molecular weight excluding hydrogens is 500 g/mol. The summed E-state index contributed by atoms with van der Waals surface area (Å²) in [5.74, 6) is 0.302. The Morgan fingerprint density at radius 2 is 2.08 bits per heavy atom. The Bertz CT molecular complexity index is 1500. The minimum absolute atomic E-state index is 0.274. The van der Waals surface area contributed by atoms with Crippen molar-refractivity contribution in [2.45, 2.75) is 45.7 Å². The van der Waals surface area contributed by atoms with Gasteiger partial charge in [-0.3, -0.25) is 14.9 Å². The molecule has 0 bridgehead atoms. The lowest BCUT2D eigenvalue weighted by molar-refractivity contribution is -0.124. The largest absolute Gasteiger partial charge is 0.497 e. The van der Waals surface area contributed by atoms with Crippen LogP contribution in [0.5, 0.6) is 5.75 Å². The highest BCUT2D eigenvalue weighted by atomic mass is 35.5. The lowest BCUT2D eigenvalue weighted by Gasteiger charge is -2.30. The van der Waals surface area contributed by atoms with Gasteiger partial charge in [-0.2, -0.15) is 0 Å². The molecule has 38 heavy (non-hydrogen) atoms. The molecule has 2 aromatic heterocycles. The fourth-order valence-electron chi connectivity index (χ4n) is 5.49. The molecule has 4 N–H and O–H groups in total. The van der Waals surface area contributed by atoms with Crippen molar-refractivity contribution in [3.63, 3.8) is 0 Å². The Balaban J connectivity index is 1.42. The van der Waals surface area contributed by atoms with Crippen LogP contribution >= 0.6 is 11.6 Å². The van der Waals surface area contributed by atoms with E-state index in [9.17, 15) is 4.79 Å². The first-order chi connectivity index (χ1) is 18.4. The second-order valence-corrected chi connectivity index (χ2v) is 10.3. The number of aromatic amines is 2. The summed E-state index contributed by atoms with van der Waals surface area (Å²) in [4.78, 5) is 20.8. The number of halogens is 1. The van der Waals surface area contributed by atoms with Gasteiger partial charge in [-0.15, -0.1) is 0 Å². The number of rotatable bonds is 9. The van der Waals surface area contributed by atoms with E-state index in [2.05, 4.69) is 53.1 Å². The molecule has 0 saturated carbocycles. The Morgan fingerprint density at radius 3 is 2.82 bits per heavy atom. The number of hydrogen-bond acceptors (Lipinski definition) is 4. The molecule has 1 amide bonds. The Hall–Kier alpha value is -3.52. The smallest absolute Gasteiger partial charge is 0.267 e. The summed E-state index contributed by atoms with van der Waals surface area (Å²) in [6.07, 6.45) is 8.06. The van der Waals surface area contributed by atoms with Crippen LogP contribution in [-0.2, 0) is 24.2 Å². The second kappa shape index (κ2) is 11.1. The number of fused-ring (bicyclic) bond motifs is 2. The summed E-state index contributed by atoms with van der Waals surface area (Å²) >= 11 is 6.45. The van der Waals surface area contributed by atoms with Crippen molar-refractivity contribution in [3.8, 4) is 5.75 Å². The predicted molar refractivity (Wildman–Crippen MR) is 151 cm³/mol. The number of aromatic nitrogens is 2. The van der Waals surface area contributed by atoms with Crippen molar-refractivity contribution in [2.75, 3.05) is 13.7 Å². The normalized spacial score (nSPS) is 15.1. The minimum Gasteiger partial charge on any atom is -0.497 e. The molecule has 0 spiro atoms. The van der Waals surface area contributed by atoms with Crippen LogP contribution in [0, 0.1) is 13.8 Å². The molecule has 4 aromatic rings. The monoisotopic (exact) mass is 532 g/mol. The molecule has 1 unspecified atom stereocenters. The molecule has 1 aliphatic carbocycles. The molecule has 2 aromatic carbocycles. The summed E-state index contributed by atoms with van der Waals surface area (Å²) in [6, 6.07) is 12.8. The van der Waals surface area contributed by atoms with Gasteiger partial charge in [0.25, 0.3) is 5.91 Å². The molecule has 1 atom stereocenters. The Kier molecular flexibility index (Phi) is 7.61. The summed E-state index contributed by atoms with van der Waals surface area (Å²) in [5, 5.41) is 10.7. The van der Waals surface area contributed by atoms with E-state index in [1.807, 2.05) is 18.2 Å². The van der Waals surface area contributed by atoms with E-state index >= 15 is 0 Å². The van der Waals surface area contributed by atoms with Gasteiger partial charge < -0.3 is 14.7 Å². The quantitative estimate of drug-likeness (QED) is 0.120. The van der Waals surface area contributed by atoms with E-state index in [0.29, 0.717) is 5.15 Å². The Labute approximate surface area is 227 Å². The first-order valence-corrected chi connectivity index (χ1v) is 13.2. The van der Waals surface area contributed by atoms with Gasteiger partial charge in [-0.25, -0.2) is 5.48 Å². The van der Waals surface area contributed by atoms with Crippen LogP contribution in [-0.4, -0.2) is 39.6 Å². The SMILES string of the molecule is COc1ccc2c(CCN(Cc3[nH]c(Cl)c(C)c3C)C3CCc4cc(C=CC(=O)NO)ccc43)c[nH]c2c1. The number of carbonyl (C=O) groups is 1. The predicted octanol–water partition coefficient (Wildman–Crippen LogP) is 6.03. The van der Waals surface area contributed by atoms with Gasteiger partial charge in [0.1, 0.15) is 10.9 Å². The number of carbonyl (C=O) groups excluding carboxylic acids is 1. The van der Waals surface area contributed by atoms with Gasteiger partial charge >= 0.3 is 0 Å². The number of hydrogen-bond donors (Lipinski definition) is 4. The number of aryl methyl sites for hydroxylation is 1. The van der Waals surface area contributed by atoms with E-state index in [1.165, 1.54) is 33.7 Å². The molecule has 5 rings (SSSR count). The third kappa shape index (κ3) is 5.23. The van der Waals surface area contributed by atoms with Crippen molar-refractivity contribution < 1.29 is 14.7 Å². The highest BCUT2D eigenvalue weighted by Crippen LogP contribution is 2.38. The van der Waals surface area contributed by atoms with Crippen molar-refractivity contribution in [3.05, 3.63) is 92.9 Å². The van der Waals surface area contributed by atoms with Crippen LogP contribution < -0.4 is 10.2 Å². The zero-order chi connectivity index (χ0) is 26.8. The summed E-state index contributed by atoms with van der Waals surface area (Å²) in [5.41, 5.74) is 11.0. The molecule has 8 heteroatoms. The maximum Gasteiger partial charge on any atom is 0.267 e. The molecule has 0 radical (unpaired) electrons. The summed E-state index contributed by atoms with van der Waals surface area (Å²) in [7, 11) is 1.68. The second-order valence-electron chi connectivity index (χ2n) is 9.94. The van der Waals surface area contributed by atoms with Gasteiger partial charge in [0.05, 0.1) is 7.11 Å². The number of amides is 1. The third-order valence-corrected chi connectivity index (χ3v) is 8.18. The van der Waals surface area contributed by atoms with Crippen LogP contribution in [0.15, 0.2) is 48.7 Å². The minimum atomic E-state index is -0.541. The van der Waals surface area contributed by atoms with Gasteiger partial charge in [-0.05, 0) is 84.7 Å². The van der Waals surface area contributed by atoms with E-state index in [-0.39, 0.29) is 6.04 Å². The molecule has 1 aliphatic rings. The third-order valence-electron chi connectivity index (χ3n) is 7.80. The van der Waals surface area contributed by atoms with Crippen molar-refractivity contribution in [2.24, 2.45) is 0 Å². The number of nitrogens with zero attached hydrogens (tertiary/aromatic N) is 1. The molecule has 0 saturated heterocycles. The van der Waals surface area contributed by atoms with Gasteiger partial charge in [0.15, 0.2) is 0 Å². The van der Waals surface area contributed by atoms with Crippen molar-refractivity contribution in [1.29, 1.82) is 0 Å². The molecule has 7 nitrogen and oxygen atoms in total. The maximum absolute atomic E-state index is 11.4. The van der Waals surface area contributed by atoms with Crippen LogP contribution in [0.3, 0.4) is 0 Å². The van der Waals surface area contributed by atoms with E-state index < -0.39 is 5.91 Å².